The molecule has 0 N–H and O–H groups in total. The zero-order chi connectivity index (χ0) is 21.7. The maximum absolute atomic E-state index is 12.5. The normalized spacial score (nSPS) is 10.8. The minimum absolute atomic E-state index is 0.173. The molecule has 0 aliphatic carbocycles. The molecule has 0 aliphatic rings. The summed E-state index contributed by atoms with van der Waals surface area (Å²) in [5, 5.41) is 0.750. The summed E-state index contributed by atoms with van der Waals surface area (Å²) in [6.07, 6.45) is 0.543. The van der Waals surface area contributed by atoms with Crippen molar-refractivity contribution in [2.45, 2.75) is 26.7 Å². The van der Waals surface area contributed by atoms with Crippen molar-refractivity contribution in [1.29, 1.82) is 0 Å². The van der Waals surface area contributed by atoms with Crippen molar-refractivity contribution in [1.82, 2.24) is 0 Å². The number of esters is 1. The predicted octanol–water partition coefficient (Wildman–Crippen LogP) is 4.62. The molecule has 1 heterocycles. The summed E-state index contributed by atoms with van der Waals surface area (Å²) in [7, 11) is 0. The molecular formula is C23H21BrO6. The molecule has 0 saturated heterocycles. The lowest BCUT2D eigenvalue weighted by molar-refractivity contribution is -0.143. The predicted molar refractivity (Wildman–Crippen MR) is 116 cm³/mol. The Balaban J connectivity index is 1.88. The SMILES string of the molecule is CCOC(=O)CCc1cc2c(C)cc(=O)oc2cc1OCC(=O)c1ccc(Br)cc1. The zero-order valence-electron chi connectivity index (χ0n) is 16.7. The minimum atomic E-state index is -0.462. The third-order valence-corrected chi connectivity index (χ3v) is 5.09. The summed E-state index contributed by atoms with van der Waals surface area (Å²) < 4.78 is 17.0. The standard InChI is InChI=1S/C23H21BrO6/c1-3-28-22(26)9-6-16-11-18-14(2)10-23(27)30-21(18)12-20(16)29-13-19(25)15-4-7-17(24)8-5-15/h4-5,7-8,10-12H,3,6,9,13H2,1-2H3. The highest BCUT2D eigenvalue weighted by Gasteiger charge is 2.15. The van der Waals surface area contributed by atoms with Crippen molar-refractivity contribution in [2.75, 3.05) is 13.2 Å². The van der Waals surface area contributed by atoms with E-state index < -0.39 is 5.63 Å². The van der Waals surface area contributed by atoms with Crippen LogP contribution in [0.4, 0.5) is 0 Å². The van der Waals surface area contributed by atoms with Gasteiger partial charge in [-0.3, -0.25) is 9.59 Å². The monoisotopic (exact) mass is 472 g/mol. The van der Waals surface area contributed by atoms with Gasteiger partial charge in [-0.25, -0.2) is 4.79 Å². The Labute approximate surface area is 181 Å². The molecule has 0 radical (unpaired) electrons. The number of aryl methyl sites for hydroxylation is 2. The van der Waals surface area contributed by atoms with E-state index in [2.05, 4.69) is 15.9 Å². The second kappa shape index (κ2) is 9.71. The van der Waals surface area contributed by atoms with E-state index in [1.807, 2.05) is 13.0 Å². The van der Waals surface area contributed by atoms with Crippen LogP contribution in [0.25, 0.3) is 11.0 Å². The Morgan fingerprint density at radius 1 is 1.10 bits per heavy atom. The smallest absolute Gasteiger partial charge is 0.336 e. The Bertz CT molecular complexity index is 1130. The van der Waals surface area contributed by atoms with Gasteiger partial charge < -0.3 is 13.9 Å². The van der Waals surface area contributed by atoms with Crippen molar-refractivity contribution in [3.05, 3.63) is 74.0 Å². The van der Waals surface area contributed by atoms with Gasteiger partial charge in [0, 0.05) is 34.0 Å². The molecule has 6 nitrogen and oxygen atoms in total. The Morgan fingerprint density at radius 3 is 2.53 bits per heavy atom. The van der Waals surface area contributed by atoms with Gasteiger partial charge in [-0.05, 0) is 49.6 Å². The number of ether oxygens (including phenoxy) is 2. The quantitative estimate of drug-likeness (QED) is 0.270. The van der Waals surface area contributed by atoms with Gasteiger partial charge in [-0.2, -0.15) is 0 Å². The van der Waals surface area contributed by atoms with E-state index in [0.717, 1.165) is 21.0 Å². The van der Waals surface area contributed by atoms with Crippen LogP contribution in [-0.4, -0.2) is 25.0 Å². The van der Waals surface area contributed by atoms with Crippen LogP contribution in [-0.2, 0) is 16.0 Å². The summed E-state index contributed by atoms with van der Waals surface area (Å²) in [5.74, 6) is -0.110. The van der Waals surface area contributed by atoms with Gasteiger partial charge in [0.25, 0.3) is 0 Å². The molecule has 156 valence electrons. The van der Waals surface area contributed by atoms with Gasteiger partial charge in [-0.15, -0.1) is 0 Å². The fourth-order valence-electron chi connectivity index (χ4n) is 3.05. The van der Waals surface area contributed by atoms with Crippen molar-refractivity contribution in [3.63, 3.8) is 0 Å². The van der Waals surface area contributed by atoms with Crippen LogP contribution in [0.15, 0.2) is 56.1 Å². The fraction of sp³-hybridized carbons (Fsp3) is 0.261. The molecule has 0 amide bonds. The van der Waals surface area contributed by atoms with E-state index in [9.17, 15) is 14.4 Å². The molecular weight excluding hydrogens is 452 g/mol. The first-order chi connectivity index (χ1) is 14.4. The van der Waals surface area contributed by atoms with Gasteiger partial charge in [0.1, 0.15) is 11.3 Å². The summed E-state index contributed by atoms with van der Waals surface area (Å²) >= 11 is 3.34. The summed E-state index contributed by atoms with van der Waals surface area (Å²) in [4.78, 5) is 36.0. The molecule has 3 rings (SSSR count). The summed E-state index contributed by atoms with van der Waals surface area (Å²) in [5.41, 5.74) is 1.92. The van der Waals surface area contributed by atoms with Crippen LogP contribution in [0.2, 0.25) is 0 Å². The molecule has 0 fully saturated rings. The van der Waals surface area contributed by atoms with E-state index in [1.54, 1.807) is 37.3 Å². The van der Waals surface area contributed by atoms with E-state index in [4.69, 9.17) is 13.9 Å². The number of rotatable bonds is 8. The maximum Gasteiger partial charge on any atom is 0.336 e. The molecule has 0 aliphatic heterocycles. The van der Waals surface area contributed by atoms with E-state index in [0.29, 0.717) is 29.9 Å². The molecule has 0 spiro atoms. The van der Waals surface area contributed by atoms with Crippen molar-refractivity contribution >= 4 is 38.7 Å². The summed E-state index contributed by atoms with van der Waals surface area (Å²) in [6.45, 7) is 3.69. The van der Waals surface area contributed by atoms with Crippen LogP contribution >= 0.6 is 15.9 Å². The number of fused-ring (bicyclic) bond motifs is 1. The third kappa shape index (κ3) is 5.36. The first kappa shape index (κ1) is 21.8. The lowest BCUT2D eigenvalue weighted by Gasteiger charge is -2.13. The summed E-state index contributed by atoms with van der Waals surface area (Å²) in [6, 6.07) is 11.8. The van der Waals surface area contributed by atoms with Crippen LogP contribution < -0.4 is 10.4 Å². The Morgan fingerprint density at radius 2 is 1.83 bits per heavy atom. The topological polar surface area (TPSA) is 82.8 Å². The van der Waals surface area contributed by atoms with Crippen molar-refractivity contribution in [3.8, 4) is 5.75 Å². The first-order valence-electron chi connectivity index (χ1n) is 9.52. The molecule has 30 heavy (non-hydrogen) atoms. The van der Waals surface area contributed by atoms with Gasteiger partial charge in [0.2, 0.25) is 0 Å². The van der Waals surface area contributed by atoms with Crippen molar-refractivity contribution < 1.29 is 23.5 Å². The molecule has 1 aromatic heterocycles. The first-order valence-corrected chi connectivity index (χ1v) is 10.3. The van der Waals surface area contributed by atoms with Crippen molar-refractivity contribution in [2.24, 2.45) is 0 Å². The maximum atomic E-state index is 12.5. The second-order valence-corrected chi connectivity index (χ2v) is 7.64. The van der Waals surface area contributed by atoms with E-state index in [1.165, 1.54) is 6.07 Å². The highest BCUT2D eigenvalue weighted by Crippen LogP contribution is 2.28. The molecule has 0 bridgehead atoms. The average molecular weight is 473 g/mol. The number of carbonyl (C=O) groups excluding carboxylic acids is 2. The second-order valence-electron chi connectivity index (χ2n) is 6.73. The number of hydrogen-bond acceptors (Lipinski definition) is 6. The highest BCUT2D eigenvalue weighted by atomic mass is 79.9. The lowest BCUT2D eigenvalue weighted by Crippen LogP contribution is -2.13. The molecule has 3 aromatic rings. The Kier molecular flexibility index (Phi) is 7.05. The lowest BCUT2D eigenvalue weighted by atomic mass is 10.0. The number of carbonyl (C=O) groups is 2. The van der Waals surface area contributed by atoms with Gasteiger partial charge in [0.15, 0.2) is 12.4 Å². The third-order valence-electron chi connectivity index (χ3n) is 4.56. The van der Waals surface area contributed by atoms with Crippen LogP contribution in [0.5, 0.6) is 5.75 Å². The van der Waals surface area contributed by atoms with Crippen LogP contribution in [0.3, 0.4) is 0 Å². The number of hydrogen-bond donors (Lipinski definition) is 0. The number of halogens is 1. The minimum Gasteiger partial charge on any atom is -0.485 e. The van der Waals surface area contributed by atoms with E-state index in [-0.39, 0.29) is 24.8 Å². The molecule has 7 heteroatoms. The van der Waals surface area contributed by atoms with Gasteiger partial charge in [-0.1, -0.05) is 28.1 Å². The van der Waals surface area contributed by atoms with Gasteiger partial charge >= 0.3 is 11.6 Å². The molecule has 0 atom stereocenters. The van der Waals surface area contributed by atoms with Crippen LogP contribution in [0.1, 0.15) is 34.8 Å². The molecule has 0 unspecified atom stereocenters. The van der Waals surface area contributed by atoms with Gasteiger partial charge in [0.05, 0.1) is 6.61 Å². The van der Waals surface area contributed by atoms with Crippen LogP contribution in [0, 0.1) is 6.92 Å². The largest absolute Gasteiger partial charge is 0.485 e. The molecule has 0 saturated carbocycles. The number of Topliss-reactive ketones (excluding diaryl/α,β-unsaturated/α-hetero) is 1. The zero-order valence-corrected chi connectivity index (χ0v) is 18.3. The number of ketones is 1. The fourth-order valence-corrected chi connectivity index (χ4v) is 3.32. The average Bonchev–Trinajstić information content (AvgIpc) is 2.71. The highest BCUT2D eigenvalue weighted by molar-refractivity contribution is 9.10. The van der Waals surface area contributed by atoms with E-state index >= 15 is 0 Å². The molecule has 2 aromatic carbocycles. The number of benzene rings is 2. The Hall–Kier alpha value is -2.93.